The molecule has 0 N–H and O–H groups in total. The fraction of sp³-hybridized carbons (Fsp3) is 0.111. The van der Waals surface area contributed by atoms with Gasteiger partial charge >= 0.3 is 0 Å². The number of aromatic nitrogens is 2. The van der Waals surface area contributed by atoms with Gasteiger partial charge in [-0.1, -0.05) is 85.0 Å². The Morgan fingerprint density at radius 1 is 0.474 bits per heavy atom. The molecule has 2 aromatic heterocycles. The van der Waals surface area contributed by atoms with E-state index in [1.165, 1.54) is 66.8 Å². The highest BCUT2D eigenvalue weighted by atomic mass is 15.0. The summed E-state index contributed by atoms with van der Waals surface area (Å²) in [6.07, 6.45) is 13.6. The molecular formula is C36H28N2. The van der Waals surface area contributed by atoms with Gasteiger partial charge in [-0.2, -0.15) is 0 Å². The van der Waals surface area contributed by atoms with Crippen LogP contribution in [0.2, 0.25) is 0 Å². The van der Waals surface area contributed by atoms with Crippen molar-refractivity contribution in [2.75, 3.05) is 0 Å². The predicted molar refractivity (Wildman–Crippen MR) is 160 cm³/mol. The van der Waals surface area contributed by atoms with E-state index in [9.17, 15) is 0 Å². The van der Waals surface area contributed by atoms with Gasteiger partial charge in [-0.05, 0) is 73.2 Å². The third-order valence-electron chi connectivity index (χ3n) is 8.24. The summed E-state index contributed by atoms with van der Waals surface area (Å²) in [6, 6.07) is 35.7. The van der Waals surface area contributed by atoms with Crippen LogP contribution < -0.4 is 0 Å². The maximum Gasteiger partial charge on any atom is 0.0537 e. The summed E-state index contributed by atoms with van der Waals surface area (Å²) in [4.78, 5) is 0. The SMILES string of the molecule is C1=Cc2c(n(-c3cccc(-c4cccc(-n5c6c(c7ccccc75)C=CCC6)c4)c3)c3ccccc23)CC1. The molecule has 4 aromatic carbocycles. The Morgan fingerprint density at radius 3 is 1.45 bits per heavy atom. The van der Waals surface area contributed by atoms with Crippen molar-refractivity contribution in [3.8, 4) is 22.5 Å². The van der Waals surface area contributed by atoms with Gasteiger partial charge in [-0.25, -0.2) is 0 Å². The van der Waals surface area contributed by atoms with Crippen molar-refractivity contribution in [1.29, 1.82) is 0 Å². The maximum absolute atomic E-state index is 2.48. The minimum atomic E-state index is 1.07. The highest BCUT2D eigenvalue weighted by Gasteiger charge is 2.20. The van der Waals surface area contributed by atoms with Gasteiger partial charge in [0.2, 0.25) is 0 Å². The topological polar surface area (TPSA) is 9.86 Å². The summed E-state index contributed by atoms with van der Waals surface area (Å²) < 4.78 is 4.95. The van der Waals surface area contributed by atoms with Gasteiger partial charge in [-0.15, -0.1) is 0 Å². The van der Waals surface area contributed by atoms with Gasteiger partial charge in [0.15, 0.2) is 0 Å². The second-order valence-corrected chi connectivity index (χ2v) is 10.4. The standard InChI is InChI=1S/C36H28N2/c1-5-19-33-29(15-1)30-16-2-6-20-34(30)37(33)27-13-9-11-25(23-27)26-12-10-14-28(24-26)38-35-21-7-3-17-31(35)32-18-4-8-22-36(32)38/h1-5,7,9-19,21,23-24H,6,8,20,22H2. The Morgan fingerprint density at radius 2 is 0.947 bits per heavy atom. The largest absolute Gasteiger partial charge is 0.313 e. The number of hydrogen-bond acceptors (Lipinski definition) is 0. The molecule has 2 nitrogen and oxygen atoms in total. The van der Waals surface area contributed by atoms with E-state index in [2.05, 4.69) is 131 Å². The summed E-state index contributed by atoms with van der Waals surface area (Å²) in [5.74, 6) is 0. The van der Waals surface area contributed by atoms with Crippen molar-refractivity contribution < 1.29 is 0 Å². The molecule has 0 atom stereocenters. The Kier molecular flexibility index (Phi) is 4.81. The number of allylic oxidation sites excluding steroid dienone is 2. The fourth-order valence-corrected chi connectivity index (χ4v) is 6.58. The van der Waals surface area contributed by atoms with Gasteiger partial charge in [0, 0.05) is 44.7 Å². The van der Waals surface area contributed by atoms with Crippen LogP contribution in [0.4, 0.5) is 0 Å². The van der Waals surface area contributed by atoms with Crippen LogP contribution in [-0.4, -0.2) is 9.13 Å². The second-order valence-electron chi connectivity index (χ2n) is 10.4. The molecule has 2 aliphatic rings. The number of rotatable bonds is 3. The first-order chi connectivity index (χ1) is 18.9. The molecule has 0 saturated carbocycles. The first-order valence-corrected chi connectivity index (χ1v) is 13.7. The second kappa shape index (κ2) is 8.49. The molecule has 38 heavy (non-hydrogen) atoms. The van der Waals surface area contributed by atoms with E-state index in [0.29, 0.717) is 0 Å². The average Bonchev–Trinajstić information content (AvgIpc) is 3.51. The number of para-hydroxylation sites is 2. The lowest BCUT2D eigenvalue weighted by atomic mass is 10.0. The molecular weight excluding hydrogens is 460 g/mol. The van der Waals surface area contributed by atoms with Crippen molar-refractivity contribution >= 4 is 34.0 Å². The van der Waals surface area contributed by atoms with Gasteiger partial charge in [0.05, 0.1) is 11.0 Å². The zero-order valence-corrected chi connectivity index (χ0v) is 21.3. The van der Waals surface area contributed by atoms with Crippen LogP contribution in [0.1, 0.15) is 35.4 Å². The van der Waals surface area contributed by atoms with Gasteiger partial charge in [0.25, 0.3) is 0 Å². The molecule has 0 radical (unpaired) electrons. The summed E-state index contributed by atoms with van der Waals surface area (Å²) in [5.41, 5.74) is 13.1. The summed E-state index contributed by atoms with van der Waals surface area (Å²) in [5, 5.41) is 2.67. The molecule has 0 spiro atoms. The normalized spacial score (nSPS) is 14.2. The molecule has 0 fully saturated rings. The minimum absolute atomic E-state index is 1.07. The van der Waals surface area contributed by atoms with Gasteiger partial charge in [-0.3, -0.25) is 0 Å². The highest BCUT2D eigenvalue weighted by molar-refractivity contribution is 5.94. The third-order valence-corrected chi connectivity index (χ3v) is 8.24. The van der Waals surface area contributed by atoms with Crippen molar-refractivity contribution in [1.82, 2.24) is 9.13 Å². The quantitative estimate of drug-likeness (QED) is 0.235. The molecule has 0 amide bonds. The smallest absolute Gasteiger partial charge is 0.0537 e. The molecule has 2 heteroatoms. The van der Waals surface area contributed by atoms with Gasteiger partial charge < -0.3 is 9.13 Å². The van der Waals surface area contributed by atoms with Crippen LogP contribution in [0.3, 0.4) is 0 Å². The molecule has 0 saturated heterocycles. The van der Waals surface area contributed by atoms with E-state index < -0.39 is 0 Å². The molecule has 0 aliphatic heterocycles. The first kappa shape index (κ1) is 21.5. The van der Waals surface area contributed by atoms with E-state index in [1.54, 1.807) is 0 Å². The fourth-order valence-electron chi connectivity index (χ4n) is 6.58. The Hall–Kier alpha value is -4.56. The van der Waals surface area contributed by atoms with E-state index >= 15 is 0 Å². The summed E-state index contributed by atoms with van der Waals surface area (Å²) >= 11 is 0. The highest BCUT2D eigenvalue weighted by Crippen LogP contribution is 2.37. The van der Waals surface area contributed by atoms with Crippen LogP contribution in [0.25, 0.3) is 56.5 Å². The van der Waals surface area contributed by atoms with Crippen LogP contribution in [0.5, 0.6) is 0 Å². The van der Waals surface area contributed by atoms with E-state index in [-0.39, 0.29) is 0 Å². The van der Waals surface area contributed by atoms with E-state index in [0.717, 1.165) is 25.7 Å². The van der Waals surface area contributed by atoms with Crippen molar-refractivity contribution in [2.45, 2.75) is 25.7 Å². The third kappa shape index (κ3) is 3.20. The van der Waals surface area contributed by atoms with E-state index in [1.807, 2.05) is 0 Å². The van der Waals surface area contributed by atoms with Crippen molar-refractivity contribution in [3.05, 3.63) is 132 Å². The Labute approximate surface area is 222 Å². The van der Waals surface area contributed by atoms with Crippen molar-refractivity contribution in [3.63, 3.8) is 0 Å². The van der Waals surface area contributed by atoms with Crippen LogP contribution in [-0.2, 0) is 12.8 Å². The molecule has 2 aliphatic carbocycles. The zero-order valence-electron chi connectivity index (χ0n) is 21.3. The average molecular weight is 489 g/mol. The summed E-state index contributed by atoms with van der Waals surface area (Å²) in [6.45, 7) is 0. The number of hydrogen-bond donors (Lipinski definition) is 0. The molecule has 182 valence electrons. The van der Waals surface area contributed by atoms with E-state index in [4.69, 9.17) is 0 Å². The minimum Gasteiger partial charge on any atom is -0.313 e. The number of fused-ring (bicyclic) bond motifs is 6. The first-order valence-electron chi connectivity index (χ1n) is 13.7. The van der Waals surface area contributed by atoms with Gasteiger partial charge in [0.1, 0.15) is 0 Å². The Bertz CT molecular complexity index is 1780. The molecule has 0 bridgehead atoms. The molecule has 2 heterocycles. The lowest BCUT2D eigenvalue weighted by Gasteiger charge is -2.16. The van der Waals surface area contributed by atoms with Crippen LogP contribution in [0.15, 0.2) is 109 Å². The predicted octanol–water partition coefficient (Wildman–Crippen LogP) is 9.16. The van der Waals surface area contributed by atoms with Crippen molar-refractivity contribution in [2.24, 2.45) is 0 Å². The number of benzene rings is 4. The van der Waals surface area contributed by atoms with Crippen LogP contribution >= 0.6 is 0 Å². The maximum atomic E-state index is 2.48. The lowest BCUT2D eigenvalue weighted by molar-refractivity contribution is 0.888. The molecule has 8 rings (SSSR count). The van der Waals surface area contributed by atoms with Crippen LogP contribution in [0, 0.1) is 0 Å². The Balaban J connectivity index is 1.28. The summed E-state index contributed by atoms with van der Waals surface area (Å²) in [7, 11) is 0. The lowest BCUT2D eigenvalue weighted by Crippen LogP contribution is -2.03. The molecule has 6 aromatic rings. The number of nitrogens with zero attached hydrogens (tertiary/aromatic N) is 2. The monoisotopic (exact) mass is 488 g/mol. The molecule has 0 unspecified atom stereocenters. The zero-order chi connectivity index (χ0) is 25.1.